The number of nitrogens with zero attached hydrogens (tertiary/aromatic N) is 1. The van der Waals surface area contributed by atoms with Crippen molar-refractivity contribution in [1.29, 1.82) is 0 Å². The molecular weight excluding hydrogens is 402 g/mol. The number of unbranched alkanes of at least 4 members (excludes halogenated alkanes) is 4. The second-order valence-corrected chi connectivity index (χ2v) is 10.5. The Morgan fingerprint density at radius 1 is 1.20 bits per heavy atom. The van der Waals surface area contributed by atoms with Crippen LogP contribution in [-0.2, 0) is 14.4 Å². The van der Waals surface area contributed by atoms with Crippen LogP contribution in [0.5, 0.6) is 0 Å². The summed E-state index contributed by atoms with van der Waals surface area (Å²) >= 11 is 1.72. The van der Waals surface area contributed by atoms with Gasteiger partial charge in [-0.2, -0.15) is 0 Å². The summed E-state index contributed by atoms with van der Waals surface area (Å²) in [6.07, 6.45) is 6.17. The Hall–Kier alpha value is -1.28. The predicted molar refractivity (Wildman–Crippen MR) is 118 cm³/mol. The zero-order valence-electron chi connectivity index (χ0n) is 18.5. The maximum atomic E-state index is 13.6. The fraction of sp³-hybridized carbons (Fsp3) is 0.864. The van der Waals surface area contributed by atoms with Crippen molar-refractivity contribution in [2.24, 2.45) is 17.8 Å². The highest BCUT2D eigenvalue weighted by Crippen LogP contribution is 2.68. The van der Waals surface area contributed by atoms with E-state index in [1.54, 1.807) is 23.7 Å². The van der Waals surface area contributed by atoms with Crippen molar-refractivity contribution in [2.45, 2.75) is 74.8 Å². The first-order chi connectivity index (χ1) is 14.4. The average molecular weight is 440 g/mol. The lowest BCUT2D eigenvalue weighted by molar-refractivity contribution is -0.140. The molecule has 3 aliphatic heterocycles. The Labute approximate surface area is 184 Å². The summed E-state index contributed by atoms with van der Waals surface area (Å²) in [7, 11) is 1.63. The summed E-state index contributed by atoms with van der Waals surface area (Å²) < 4.78 is -0.514. The third-order valence-electron chi connectivity index (χ3n) is 7.18. The summed E-state index contributed by atoms with van der Waals surface area (Å²) in [5.41, 5.74) is 0. The first-order valence-corrected chi connectivity index (χ1v) is 12.4. The number of likely N-dealkylation sites (tertiary alicyclic amines) is 1. The molecule has 3 N–H and O–H groups in total. The minimum Gasteiger partial charge on any atom is -0.396 e. The Balaban J connectivity index is 1.87. The normalized spacial score (nSPS) is 34.3. The van der Waals surface area contributed by atoms with Gasteiger partial charge in [0.05, 0.1) is 16.6 Å². The van der Waals surface area contributed by atoms with Gasteiger partial charge in [-0.1, -0.05) is 33.1 Å². The fourth-order valence-electron chi connectivity index (χ4n) is 5.76. The predicted octanol–water partition coefficient (Wildman–Crippen LogP) is 1.54. The molecule has 3 unspecified atom stereocenters. The fourth-order valence-corrected chi connectivity index (χ4v) is 8.18. The molecule has 6 atom stereocenters. The van der Waals surface area contributed by atoms with E-state index in [9.17, 15) is 14.4 Å². The minimum atomic E-state index is -0.514. The van der Waals surface area contributed by atoms with Crippen LogP contribution >= 0.6 is 11.8 Å². The lowest BCUT2D eigenvalue weighted by atomic mass is 9.66. The summed E-state index contributed by atoms with van der Waals surface area (Å²) in [4.78, 5) is 41.5. The number of carbonyl (C=O) groups excluding carboxylic acids is 3. The Bertz CT molecular complexity index is 660. The summed E-state index contributed by atoms with van der Waals surface area (Å²) in [6, 6.07) is -0.510. The van der Waals surface area contributed by atoms with Gasteiger partial charge in [0.25, 0.3) is 0 Å². The van der Waals surface area contributed by atoms with Crippen molar-refractivity contribution in [3.8, 4) is 0 Å². The van der Waals surface area contributed by atoms with E-state index in [0.29, 0.717) is 13.1 Å². The van der Waals surface area contributed by atoms with Crippen LogP contribution in [-0.4, -0.2) is 70.5 Å². The van der Waals surface area contributed by atoms with E-state index in [2.05, 4.69) is 24.5 Å². The minimum absolute atomic E-state index is 0.0250. The molecule has 3 amide bonds. The van der Waals surface area contributed by atoms with Crippen LogP contribution in [0.3, 0.4) is 0 Å². The third kappa shape index (κ3) is 3.85. The maximum absolute atomic E-state index is 13.6. The van der Waals surface area contributed by atoms with Crippen molar-refractivity contribution >= 4 is 29.5 Å². The summed E-state index contributed by atoms with van der Waals surface area (Å²) in [5, 5.41) is 14.9. The van der Waals surface area contributed by atoms with Gasteiger partial charge in [-0.25, -0.2) is 0 Å². The molecule has 3 heterocycles. The maximum Gasteiger partial charge on any atom is 0.244 e. The molecular formula is C22H37N3O4S. The first-order valence-electron chi connectivity index (χ1n) is 11.5. The van der Waals surface area contributed by atoms with E-state index < -0.39 is 16.7 Å². The molecule has 0 radical (unpaired) electrons. The largest absolute Gasteiger partial charge is 0.396 e. The van der Waals surface area contributed by atoms with E-state index in [1.165, 1.54) is 0 Å². The van der Waals surface area contributed by atoms with Gasteiger partial charge in [0, 0.05) is 32.0 Å². The van der Waals surface area contributed by atoms with Crippen molar-refractivity contribution in [1.82, 2.24) is 15.5 Å². The second kappa shape index (κ2) is 9.90. The van der Waals surface area contributed by atoms with Gasteiger partial charge in [-0.15, -0.1) is 11.8 Å². The van der Waals surface area contributed by atoms with Crippen LogP contribution < -0.4 is 10.6 Å². The molecule has 0 aliphatic carbocycles. The molecule has 3 fully saturated rings. The zero-order chi connectivity index (χ0) is 21.9. The zero-order valence-corrected chi connectivity index (χ0v) is 19.3. The number of carbonyl (C=O) groups is 3. The number of aliphatic hydroxyl groups is 1. The number of nitrogens with one attached hydrogen (secondary N) is 2. The number of fused-ring (bicyclic) bond motifs is 1. The lowest BCUT2D eigenvalue weighted by Gasteiger charge is -2.38. The Morgan fingerprint density at radius 2 is 1.93 bits per heavy atom. The SMILES string of the molecule is CCCCNC(=O)C1N(CCCCCCO)C(=O)[C@@H]2[C@H](C(=O)NC)[C@@H]3CC(C)C12S3. The number of thioether (sulfide) groups is 1. The summed E-state index contributed by atoms with van der Waals surface area (Å²) in [6.45, 7) is 5.56. The molecule has 7 nitrogen and oxygen atoms in total. The monoisotopic (exact) mass is 439 g/mol. The van der Waals surface area contributed by atoms with Crippen LogP contribution in [0.1, 0.15) is 58.8 Å². The average Bonchev–Trinajstić information content (AvgIpc) is 3.31. The van der Waals surface area contributed by atoms with Crippen LogP contribution in [0.25, 0.3) is 0 Å². The molecule has 2 bridgehead atoms. The smallest absolute Gasteiger partial charge is 0.244 e. The van der Waals surface area contributed by atoms with E-state index >= 15 is 0 Å². The highest BCUT2D eigenvalue weighted by Gasteiger charge is 2.75. The van der Waals surface area contributed by atoms with Crippen LogP contribution in [0.4, 0.5) is 0 Å². The number of aliphatic hydroxyl groups excluding tert-OH is 1. The second-order valence-electron chi connectivity index (χ2n) is 8.98. The molecule has 3 rings (SSSR count). The molecule has 30 heavy (non-hydrogen) atoms. The molecule has 3 saturated heterocycles. The molecule has 3 aliphatic rings. The molecule has 1 spiro atoms. The highest BCUT2D eigenvalue weighted by molar-refractivity contribution is 8.02. The van der Waals surface area contributed by atoms with Gasteiger partial charge in [-0.05, 0) is 31.6 Å². The standard InChI is InChI=1S/C22H37N3O4S/c1-4-5-10-24-20(28)18-22-14(2)13-15(30-22)16(19(27)23-3)17(22)21(29)25(18)11-8-6-7-9-12-26/h14-18,26H,4-13H2,1-3H3,(H,23,27)(H,24,28)/t14?,15-,16+,17-,18?,22?/m0/s1. The number of hydrogen-bond acceptors (Lipinski definition) is 5. The van der Waals surface area contributed by atoms with Crippen molar-refractivity contribution < 1.29 is 19.5 Å². The van der Waals surface area contributed by atoms with E-state index in [4.69, 9.17) is 5.11 Å². The van der Waals surface area contributed by atoms with Crippen molar-refractivity contribution in [3.63, 3.8) is 0 Å². The van der Waals surface area contributed by atoms with Gasteiger partial charge in [0.1, 0.15) is 6.04 Å². The molecule has 0 aromatic rings. The van der Waals surface area contributed by atoms with Gasteiger partial charge in [0.15, 0.2) is 0 Å². The molecule has 170 valence electrons. The van der Waals surface area contributed by atoms with E-state index in [-0.39, 0.29) is 41.4 Å². The molecule has 0 saturated carbocycles. The van der Waals surface area contributed by atoms with Gasteiger partial charge < -0.3 is 20.6 Å². The number of amides is 3. The van der Waals surface area contributed by atoms with Crippen molar-refractivity contribution in [2.75, 3.05) is 26.7 Å². The lowest BCUT2D eigenvalue weighted by Crippen LogP contribution is -2.56. The molecule has 0 aromatic carbocycles. The first kappa shape index (κ1) is 23.4. The molecule has 0 aromatic heterocycles. The van der Waals surface area contributed by atoms with E-state index in [0.717, 1.165) is 44.9 Å². The quantitative estimate of drug-likeness (QED) is 0.424. The van der Waals surface area contributed by atoms with Crippen LogP contribution in [0, 0.1) is 17.8 Å². The molecule has 8 heteroatoms. The van der Waals surface area contributed by atoms with Gasteiger partial charge in [-0.3, -0.25) is 14.4 Å². The van der Waals surface area contributed by atoms with E-state index in [1.807, 2.05) is 0 Å². The Kier molecular flexibility index (Phi) is 7.71. The third-order valence-corrected chi connectivity index (χ3v) is 9.26. The van der Waals surface area contributed by atoms with Crippen molar-refractivity contribution in [3.05, 3.63) is 0 Å². The summed E-state index contributed by atoms with van der Waals surface area (Å²) in [5.74, 6) is -0.724. The Morgan fingerprint density at radius 3 is 2.60 bits per heavy atom. The number of rotatable bonds is 11. The highest BCUT2D eigenvalue weighted by atomic mass is 32.2. The topological polar surface area (TPSA) is 98.7 Å². The van der Waals surface area contributed by atoms with Crippen LogP contribution in [0.2, 0.25) is 0 Å². The number of hydrogen-bond donors (Lipinski definition) is 3. The van der Waals surface area contributed by atoms with Gasteiger partial charge >= 0.3 is 0 Å². The van der Waals surface area contributed by atoms with Crippen LogP contribution in [0.15, 0.2) is 0 Å². The van der Waals surface area contributed by atoms with Gasteiger partial charge in [0.2, 0.25) is 17.7 Å².